The summed E-state index contributed by atoms with van der Waals surface area (Å²) < 4.78 is 5.24. The molecule has 0 saturated carbocycles. The first-order valence-electron chi connectivity index (χ1n) is 4.95. The smallest absolute Gasteiger partial charge is 0.137 e. The number of hydrogen-bond acceptors (Lipinski definition) is 3. The summed E-state index contributed by atoms with van der Waals surface area (Å²) in [4.78, 5) is 11.6. The maximum Gasteiger partial charge on any atom is 0.137 e. The van der Waals surface area contributed by atoms with Crippen LogP contribution in [0.1, 0.15) is 18.4 Å². The molecule has 1 aromatic rings. The van der Waals surface area contributed by atoms with Crippen molar-refractivity contribution in [2.24, 2.45) is 5.92 Å². The Hall–Kier alpha value is -0.670. The van der Waals surface area contributed by atoms with Crippen LogP contribution in [0.2, 0.25) is 0 Å². The number of Topliss-reactive ketones (excluding diaryl/α,β-unsaturated/α-hetero) is 1. The number of ether oxygens (including phenoxy) is 1. The van der Waals surface area contributed by atoms with Crippen LogP contribution in [0, 0.1) is 5.92 Å². The number of thiophene rings is 1. The molecule has 0 radical (unpaired) electrons. The molecule has 14 heavy (non-hydrogen) atoms. The van der Waals surface area contributed by atoms with Crippen molar-refractivity contribution in [3.63, 3.8) is 0 Å². The minimum atomic E-state index is 0.346. The average molecular weight is 210 g/mol. The Kier molecular flexibility index (Phi) is 3.32. The fraction of sp³-hybridized carbons (Fsp3) is 0.545. The SMILES string of the molecule is O=C(Cc1ccsc1)CC1CCOC1. The minimum Gasteiger partial charge on any atom is -0.381 e. The van der Waals surface area contributed by atoms with Gasteiger partial charge in [-0.05, 0) is 34.7 Å². The zero-order valence-corrected chi connectivity index (χ0v) is 8.89. The Morgan fingerprint density at radius 1 is 1.64 bits per heavy atom. The number of carbonyl (C=O) groups is 1. The molecule has 1 aliphatic heterocycles. The van der Waals surface area contributed by atoms with Gasteiger partial charge >= 0.3 is 0 Å². The molecule has 1 fully saturated rings. The van der Waals surface area contributed by atoms with E-state index >= 15 is 0 Å². The predicted octanol–water partition coefficient (Wildman–Crippen LogP) is 2.29. The van der Waals surface area contributed by atoms with Crippen molar-refractivity contribution in [2.75, 3.05) is 13.2 Å². The molecule has 0 aromatic carbocycles. The molecule has 0 spiro atoms. The van der Waals surface area contributed by atoms with Gasteiger partial charge in [-0.25, -0.2) is 0 Å². The third-order valence-corrected chi connectivity index (χ3v) is 3.25. The fourth-order valence-corrected chi connectivity index (χ4v) is 2.43. The van der Waals surface area contributed by atoms with E-state index in [-0.39, 0.29) is 0 Å². The van der Waals surface area contributed by atoms with Crippen molar-refractivity contribution in [1.29, 1.82) is 0 Å². The third-order valence-electron chi connectivity index (χ3n) is 2.52. The monoisotopic (exact) mass is 210 g/mol. The Labute approximate surface area is 87.9 Å². The van der Waals surface area contributed by atoms with Gasteiger partial charge in [-0.1, -0.05) is 0 Å². The van der Waals surface area contributed by atoms with Crippen LogP contribution in [-0.4, -0.2) is 19.0 Å². The molecule has 2 heterocycles. The van der Waals surface area contributed by atoms with Gasteiger partial charge in [-0.2, -0.15) is 11.3 Å². The molecule has 1 aromatic heterocycles. The average Bonchev–Trinajstić information content (AvgIpc) is 2.76. The predicted molar refractivity (Wildman–Crippen MR) is 56.6 cm³/mol. The molecule has 2 rings (SSSR count). The van der Waals surface area contributed by atoms with E-state index < -0.39 is 0 Å². The van der Waals surface area contributed by atoms with Crippen LogP contribution in [0.25, 0.3) is 0 Å². The van der Waals surface area contributed by atoms with Gasteiger partial charge in [0.05, 0.1) is 0 Å². The van der Waals surface area contributed by atoms with Crippen LogP contribution in [0.15, 0.2) is 16.8 Å². The van der Waals surface area contributed by atoms with Crippen LogP contribution in [0.4, 0.5) is 0 Å². The minimum absolute atomic E-state index is 0.346. The summed E-state index contributed by atoms with van der Waals surface area (Å²) in [6.45, 7) is 1.60. The highest BCUT2D eigenvalue weighted by Gasteiger charge is 2.18. The van der Waals surface area contributed by atoms with Gasteiger partial charge in [-0.3, -0.25) is 4.79 Å². The Morgan fingerprint density at radius 3 is 3.21 bits per heavy atom. The van der Waals surface area contributed by atoms with E-state index in [9.17, 15) is 4.79 Å². The maximum atomic E-state index is 11.6. The Balaban J connectivity index is 1.78. The zero-order chi connectivity index (χ0) is 9.80. The molecule has 1 unspecified atom stereocenters. The van der Waals surface area contributed by atoms with Gasteiger partial charge in [0, 0.05) is 26.1 Å². The molecule has 3 heteroatoms. The quantitative estimate of drug-likeness (QED) is 0.762. The summed E-state index contributed by atoms with van der Waals surface area (Å²) in [7, 11) is 0. The lowest BCUT2D eigenvalue weighted by atomic mass is 9.99. The van der Waals surface area contributed by atoms with Crippen LogP contribution >= 0.6 is 11.3 Å². The normalized spacial score (nSPS) is 21.3. The number of rotatable bonds is 4. The molecular weight excluding hydrogens is 196 g/mol. The fourth-order valence-electron chi connectivity index (χ4n) is 1.76. The van der Waals surface area contributed by atoms with Crippen LogP contribution in [0.5, 0.6) is 0 Å². The summed E-state index contributed by atoms with van der Waals surface area (Å²) in [6.07, 6.45) is 2.34. The molecule has 1 saturated heterocycles. The van der Waals surface area contributed by atoms with E-state index in [1.807, 2.05) is 16.8 Å². The van der Waals surface area contributed by atoms with E-state index in [0.29, 0.717) is 24.5 Å². The summed E-state index contributed by atoms with van der Waals surface area (Å²) in [5, 5.41) is 4.06. The van der Waals surface area contributed by atoms with Crippen molar-refractivity contribution >= 4 is 17.1 Å². The lowest BCUT2D eigenvalue weighted by Gasteiger charge is -2.04. The lowest BCUT2D eigenvalue weighted by Crippen LogP contribution is -2.10. The van der Waals surface area contributed by atoms with Gasteiger partial charge in [0.15, 0.2) is 0 Å². The second-order valence-electron chi connectivity index (χ2n) is 3.78. The van der Waals surface area contributed by atoms with Crippen molar-refractivity contribution < 1.29 is 9.53 Å². The Bertz CT molecular complexity index is 286. The van der Waals surface area contributed by atoms with E-state index in [1.54, 1.807) is 11.3 Å². The van der Waals surface area contributed by atoms with Crippen molar-refractivity contribution in [2.45, 2.75) is 19.3 Å². The molecule has 0 aliphatic carbocycles. The summed E-state index contributed by atoms with van der Waals surface area (Å²) in [5.74, 6) is 0.819. The van der Waals surface area contributed by atoms with E-state index in [1.165, 1.54) is 0 Å². The van der Waals surface area contributed by atoms with Crippen molar-refractivity contribution in [3.8, 4) is 0 Å². The largest absolute Gasteiger partial charge is 0.381 e. The van der Waals surface area contributed by atoms with Gasteiger partial charge in [-0.15, -0.1) is 0 Å². The van der Waals surface area contributed by atoms with Crippen LogP contribution in [-0.2, 0) is 16.0 Å². The topological polar surface area (TPSA) is 26.3 Å². The summed E-state index contributed by atoms with van der Waals surface area (Å²) in [5.41, 5.74) is 1.15. The second-order valence-corrected chi connectivity index (χ2v) is 4.56. The first-order valence-corrected chi connectivity index (χ1v) is 5.89. The van der Waals surface area contributed by atoms with Crippen LogP contribution in [0.3, 0.4) is 0 Å². The van der Waals surface area contributed by atoms with Gasteiger partial charge in [0.2, 0.25) is 0 Å². The van der Waals surface area contributed by atoms with Gasteiger partial charge < -0.3 is 4.74 Å². The second kappa shape index (κ2) is 4.71. The first kappa shape index (κ1) is 9.87. The molecule has 1 atom stereocenters. The third kappa shape index (κ3) is 2.66. The standard InChI is InChI=1S/C11H14O2S/c12-11(5-9-1-3-13-7-9)6-10-2-4-14-8-10/h2,4,8-9H,1,3,5-7H2. The first-order chi connectivity index (χ1) is 6.84. The van der Waals surface area contributed by atoms with Gasteiger partial charge in [0.1, 0.15) is 5.78 Å². The molecule has 2 nitrogen and oxygen atoms in total. The summed E-state index contributed by atoms with van der Waals surface area (Å²) in [6, 6.07) is 2.02. The highest BCUT2D eigenvalue weighted by Crippen LogP contribution is 2.18. The maximum absolute atomic E-state index is 11.6. The van der Waals surface area contributed by atoms with E-state index in [0.717, 1.165) is 25.2 Å². The molecule has 76 valence electrons. The number of hydrogen-bond donors (Lipinski definition) is 0. The van der Waals surface area contributed by atoms with Crippen molar-refractivity contribution in [3.05, 3.63) is 22.4 Å². The molecule has 0 bridgehead atoms. The van der Waals surface area contributed by atoms with Crippen LogP contribution < -0.4 is 0 Å². The lowest BCUT2D eigenvalue weighted by molar-refractivity contribution is -0.119. The highest BCUT2D eigenvalue weighted by atomic mass is 32.1. The zero-order valence-electron chi connectivity index (χ0n) is 8.07. The summed E-state index contributed by atoms with van der Waals surface area (Å²) >= 11 is 1.65. The molecule has 0 amide bonds. The van der Waals surface area contributed by atoms with E-state index in [4.69, 9.17) is 4.74 Å². The van der Waals surface area contributed by atoms with Crippen molar-refractivity contribution in [1.82, 2.24) is 0 Å². The molecule has 1 aliphatic rings. The highest BCUT2D eigenvalue weighted by molar-refractivity contribution is 7.07. The molecule has 0 N–H and O–H groups in total. The van der Waals surface area contributed by atoms with E-state index in [2.05, 4.69) is 0 Å². The number of ketones is 1. The Morgan fingerprint density at radius 2 is 2.57 bits per heavy atom. The molecular formula is C11H14O2S. The van der Waals surface area contributed by atoms with Gasteiger partial charge in [0.25, 0.3) is 0 Å². The number of carbonyl (C=O) groups excluding carboxylic acids is 1.